The summed E-state index contributed by atoms with van der Waals surface area (Å²) >= 11 is 6.16. The zero-order chi connectivity index (χ0) is 20.8. The smallest absolute Gasteiger partial charge is 0.180 e. The first-order valence-electron chi connectivity index (χ1n) is 9.65. The second kappa shape index (κ2) is 7.57. The molecule has 7 nitrogen and oxygen atoms in total. The molecule has 4 rings (SSSR count). The number of imidazole rings is 1. The average molecular weight is 433 g/mol. The minimum Gasteiger partial charge on any atom is -0.353 e. The van der Waals surface area contributed by atoms with Crippen molar-refractivity contribution in [1.82, 2.24) is 19.4 Å². The molecule has 9 heteroatoms. The summed E-state index contributed by atoms with van der Waals surface area (Å²) in [6, 6.07) is 5.73. The minimum absolute atomic E-state index is 0.150. The summed E-state index contributed by atoms with van der Waals surface area (Å²) in [5.74, 6) is 2.47. The molecule has 29 heavy (non-hydrogen) atoms. The van der Waals surface area contributed by atoms with Crippen LogP contribution in [0.4, 0.5) is 5.82 Å². The van der Waals surface area contributed by atoms with Crippen molar-refractivity contribution >= 4 is 32.8 Å². The molecule has 4 unspecified atom stereocenters. The first-order valence-corrected chi connectivity index (χ1v) is 12.2. The highest BCUT2D eigenvalue weighted by Gasteiger charge is 2.33. The number of rotatable bonds is 4. The maximum absolute atomic E-state index is 12.1. The van der Waals surface area contributed by atoms with Crippen LogP contribution >= 0.6 is 11.6 Å². The highest BCUT2D eigenvalue weighted by Crippen LogP contribution is 2.32. The normalized spacial score (nSPS) is 24.6. The minimum atomic E-state index is -2.54. The number of pyridine rings is 1. The van der Waals surface area contributed by atoms with Crippen molar-refractivity contribution in [2.75, 3.05) is 23.5 Å². The number of hydrogen-bond acceptors (Lipinski definition) is 6. The lowest BCUT2D eigenvalue weighted by molar-refractivity contribution is 0.298. The van der Waals surface area contributed by atoms with Crippen LogP contribution in [0.5, 0.6) is 0 Å². The summed E-state index contributed by atoms with van der Waals surface area (Å²) in [6.45, 7) is 5.20. The van der Waals surface area contributed by atoms with E-state index in [-0.39, 0.29) is 12.0 Å². The number of hydrogen-bond donors (Lipinski definition) is 1. The maximum Gasteiger partial charge on any atom is 0.180 e. The van der Waals surface area contributed by atoms with Gasteiger partial charge in [0, 0.05) is 46.7 Å². The fourth-order valence-electron chi connectivity index (χ4n) is 4.22. The molecular weight excluding hydrogens is 408 g/mol. The Morgan fingerprint density at radius 2 is 2.07 bits per heavy atom. The Morgan fingerprint density at radius 1 is 1.28 bits per heavy atom. The second-order valence-electron chi connectivity index (χ2n) is 8.12. The molecule has 0 aromatic carbocycles. The molecular formula is C20H25ClN6OS. The van der Waals surface area contributed by atoms with Gasteiger partial charge in [-0.1, -0.05) is 18.5 Å². The van der Waals surface area contributed by atoms with Crippen molar-refractivity contribution in [1.29, 1.82) is 4.78 Å². The van der Waals surface area contributed by atoms with E-state index in [1.165, 1.54) is 6.26 Å². The summed E-state index contributed by atoms with van der Waals surface area (Å²) < 4.78 is 21.9. The number of halogens is 1. The van der Waals surface area contributed by atoms with Crippen LogP contribution in [0.1, 0.15) is 20.3 Å². The molecule has 0 amide bonds. The molecule has 0 bridgehead atoms. The van der Waals surface area contributed by atoms with E-state index in [0.717, 1.165) is 30.1 Å². The SMILES string of the molecule is CC1CC(CS(C)(=N)=O)C(C)N(c2ccnc(-c3cnc4ccc(Cl)cn34)n2)C1. The number of piperidine rings is 1. The van der Waals surface area contributed by atoms with Gasteiger partial charge in [-0.15, -0.1) is 0 Å². The van der Waals surface area contributed by atoms with Crippen LogP contribution in [0.15, 0.2) is 36.8 Å². The third-order valence-electron chi connectivity index (χ3n) is 5.55. The van der Waals surface area contributed by atoms with Crippen molar-refractivity contribution in [3.63, 3.8) is 0 Å². The van der Waals surface area contributed by atoms with Crippen LogP contribution < -0.4 is 4.90 Å². The van der Waals surface area contributed by atoms with Gasteiger partial charge in [0.15, 0.2) is 5.82 Å². The predicted octanol–water partition coefficient (Wildman–Crippen LogP) is 3.97. The molecule has 0 spiro atoms. The molecule has 1 saturated heterocycles. The lowest BCUT2D eigenvalue weighted by atomic mass is 9.86. The molecule has 3 aromatic rings. The molecule has 0 aliphatic carbocycles. The van der Waals surface area contributed by atoms with Crippen LogP contribution in [-0.2, 0) is 9.73 Å². The summed E-state index contributed by atoms with van der Waals surface area (Å²) in [4.78, 5) is 16.0. The van der Waals surface area contributed by atoms with Gasteiger partial charge in [-0.3, -0.25) is 13.4 Å². The average Bonchev–Trinajstić information content (AvgIpc) is 3.06. The van der Waals surface area contributed by atoms with Gasteiger partial charge < -0.3 is 4.90 Å². The molecule has 0 radical (unpaired) electrons. The van der Waals surface area contributed by atoms with Gasteiger partial charge >= 0.3 is 0 Å². The van der Waals surface area contributed by atoms with E-state index in [1.54, 1.807) is 18.5 Å². The van der Waals surface area contributed by atoms with Gasteiger partial charge in [-0.05, 0) is 43.4 Å². The van der Waals surface area contributed by atoms with E-state index in [2.05, 4.69) is 28.7 Å². The van der Waals surface area contributed by atoms with Crippen LogP contribution in [0.3, 0.4) is 0 Å². The van der Waals surface area contributed by atoms with E-state index in [9.17, 15) is 4.21 Å². The van der Waals surface area contributed by atoms with Gasteiger partial charge in [0.25, 0.3) is 0 Å². The summed E-state index contributed by atoms with van der Waals surface area (Å²) in [5, 5.41) is 0.618. The van der Waals surface area contributed by atoms with E-state index < -0.39 is 9.73 Å². The van der Waals surface area contributed by atoms with Crippen molar-refractivity contribution in [2.24, 2.45) is 11.8 Å². The molecule has 1 fully saturated rings. The summed E-state index contributed by atoms with van der Waals surface area (Å²) in [5.41, 5.74) is 1.56. The van der Waals surface area contributed by atoms with Gasteiger partial charge in [0.05, 0.1) is 11.2 Å². The van der Waals surface area contributed by atoms with Crippen molar-refractivity contribution in [2.45, 2.75) is 26.3 Å². The Balaban J connectivity index is 1.69. The quantitative estimate of drug-likeness (QED) is 0.673. The van der Waals surface area contributed by atoms with Crippen LogP contribution in [0.2, 0.25) is 5.02 Å². The lowest BCUT2D eigenvalue weighted by Crippen LogP contribution is -2.49. The Labute approximate surface area is 176 Å². The van der Waals surface area contributed by atoms with E-state index in [4.69, 9.17) is 21.4 Å². The van der Waals surface area contributed by atoms with Crippen LogP contribution in [0.25, 0.3) is 17.2 Å². The number of aromatic nitrogens is 4. The molecule has 1 aliphatic rings. The molecule has 1 aliphatic heterocycles. The summed E-state index contributed by atoms with van der Waals surface area (Å²) in [6.07, 6.45) is 7.83. The molecule has 4 heterocycles. The molecule has 0 saturated carbocycles. The standard InChI is InChI=1S/C20H25ClN6OS/c1-13-8-15(12-29(3,22)28)14(2)26(10-13)19-6-7-23-20(25-19)17-9-24-18-5-4-16(21)11-27(17)18/h4-7,9,11,13-15,22H,8,10,12H2,1-3H3. The monoisotopic (exact) mass is 432 g/mol. The molecule has 154 valence electrons. The van der Waals surface area contributed by atoms with Gasteiger partial charge in [0.1, 0.15) is 17.2 Å². The van der Waals surface area contributed by atoms with Crippen molar-refractivity contribution in [3.8, 4) is 11.5 Å². The van der Waals surface area contributed by atoms with Crippen molar-refractivity contribution < 1.29 is 4.21 Å². The Morgan fingerprint density at radius 3 is 2.83 bits per heavy atom. The first-order chi connectivity index (χ1) is 13.7. The second-order valence-corrected chi connectivity index (χ2v) is 10.9. The lowest BCUT2D eigenvalue weighted by Gasteiger charge is -2.43. The zero-order valence-electron chi connectivity index (χ0n) is 16.7. The maximum atomic E-state index is 12.1. The predicted molar refractivity (Wildman–Crippen MR) is 117 cm³/mol. The largest absolute Gasteiger partial charge is 0.353 e. The Hall–Kier alpha value is -2.19. The number of nitrogens with one attached hydrogen (secondary N) is 1. The van der Waals surface area contributed by atoms with E-state index in [1.807, 2.05) is 22.7 Å². The van der Waals surface area contributed by atoms with E-state index >= 15 is 0 Å². The topological polar surface area (TPSA) is 87.2 Å². The van der Waals surface area contributed by atoms with E-state index in [0.29, 0.717) is 22.5 Å². The summed E-state index contributed by atoms with van der Waals surface area (Å²) in [7, 11) is -2.54. The zero-order valence-corrected chi connectivity index (χ0v) is 18.3. The van der Waals surface area contributed by atoms with Gasteiger partial charge in [-0.25, -0.2) is 15.0 Å². The fourth-order valence-corrected chi connectivity index (χ4v) is 5.61. The fraction of sp³-hybridized carbons (Fsp3) is 0.450. The molecule has 4 atom stereocenters. The van der Waals surface area contributed by atoms with Crippen LogP contribution in [-0.4, -0.2) is 48.2 Å². The highest BCUT2D eigenvalue weighted by atomic mass is 35.5. The van der Waals surface area contributed by atoms with Gasteiger partial charge in [0.2, 0.25) is 0 Å². The molecule has 3 aromatic heterocycles. The third kappa shape index (κ3) is 4.23. The Kier molecular flexibility index (Phi) is 5.25. The number of nitrogens with zero attached hydrogens (tertiary/aromatic N) is 5. The van der Waals surface area contributed by atoms with Gasteiger partial charge in [-0.2, -0.15) is 0 Å². The van der Waals surface area contributed by atoms with Crippen LogP contribution in [0, 0.1) is 16.6 Å². The number of anilines is 1. The highest BCUT2D eigenvalue weighted by molar-refractivity contribution is 7.91. The molecule has 1 N–H and O–H groups in total. The first kappa shape index (κ1) is 20.1. The Bertz CT molecular complexity index is 1140. The van der Waals surface area contributed by atoms with Crippen molar-refractivity contribution in [3.05, 3.63) is 41.8 Å². The third-order valence-corrected chi connectivity index (χ3v) is 6.84. The number of fused-ring (bicyclic) bond motifs is 1.